The summed E-state index contributed by atoms with van der Waals surface area (Å²) in [5.41, 5.74) is -1.25. The van der Waals surface area contributed by atoms with Gasteiger partial charge < -0.3 is 29.5 Å². The van der Waals surface area contributed by atoms with E-state index in [0.717, 1.165) is 0 Å². The first-order valence-electron chi connectivity index (χ1n) is 8.88. The van der Waals surface area contributed by atoms with Crippen LogP contribution in [0.5, 0.6) is 0 Å². The van der Waals surface area contributed by atoms with Crippen molar-refractivity contribution in [2.75, 3.05) is 26.3 Å². The molecular formula is C18H25NO7. The van der Waals surface area contributed by atoms with Crippen LogP contribution in [0.2, 0.25) is 0 Å². The quantitative estimate of drug-likeness (QED) is 0.223. The largest absolute Gasteiger partial charge is 0.632 e. The van der Waals surface area contributed by atoms with Crippen molar-refractivity contribution in [3.63, 3.8) is 0 Å². The summed E-state index contributed by atoms with van der Waals surface area (Å²) >= 11 is 0. The SMILES string of the molecule is C/C=C1/C[C@@H](C)[C@@](O)(CO)C(=O)OCC2=CC[N+]3([O-])CC[C@@H](OC1=O)[C@@H]23. The van der Waals surface area contributed by atoms with E-state index >= 15 is 0 Å². The summed E-state index contributed by atoms with van der Waals surface area (Å²) in [6, 6.07) is -0.594. The number of carbonyl (C=O) groups excluding carboxylic acids is 2. The van der Waals surface area contributed by atoms with Crippen molar-refractivity contribution in [3.8, 4) is 0 Å². The first-order chi connectivity index (χ1) is 12.2. The second-order valence-corrected chi connectivity index (χ2v) is 7.39. The molecule has 144 valence electrons. The van der Waals surface area contributed by atoms with Gasteiger partial charge in [-0.2, -0.15) is 0 Å². The number of hydrogen-bond acceptors (Lipinski definition) is 7. The van der Waals surface area contributed by atoms with Gasteiger partial charge in [-0.25, -0.2) is 9.59 Å². The maximum Gasteiger partial charge on any atom is 0.341 e. The number of nitrogens with zero attached hydrogens (tertiary/aromatic N) is 1. The van der Waals surface area contributed by atoms with E-state index in [1.165, 1.54) is 0 Å². The van der Waals surface area contributed by atoms with E-state index < -0.39 is 46.9 Å². The van der Waals surface area contributed by atoms with Gasteiger partial charge in [-0.05, 0) is 19.4 Å². The van der Waals surface area contributed by atoms with Crippen molar-refractivity contribution in [2.45, 2.75) is 44.4 Å². The summed E-state index contributed by atoms with van der Waals surface area (Å²) < 4.78 is 10.4. The first-order valence-corrected chi connectivity index (χ1v) is 8.88. The third-order valence-electron chi connectivity index (χ3n) is 5.87. The molecule has 8 heteroatoms. The van der Waals surface area contributed by atoms with Gasteiger partial charge in [-0.15, -0.1) is 0 Å². The number of ether oxygens (including phenoxy) is 2. The average Bonchev–Trinajstić information content (AvgIpc) is 3.11. The normalized spacial score (nSPS) is 42.4. The van der Waals surface area contributed by atoms with Crippen LogP contribution in [0.15, 0.2) is 23.3 Å². The van der Waals surface area contributed by atoms with Gasteiger partial charge in [-0.1, -0.05) is 13.0 Å². The maximum absolute atomic E-state index is 12.9. The summed E-state index contributed by atoms with van der Waals surface area (Å²) in [6.45, 7) is 2.81. The minimum atomic E-state index is -2.13. The topological polar surface area (TPSA) is 116 Å². The standard InChI is InChI=1S/C18H25NO7/c1-3-12-8-11(2)18(23,10-20)17(22)25-9-13-4-6-19(24)7-5-14(15(13)19)26-16(12)21/h3-4,11,14-15,20,23H,5-10H2,1-2H3/b12-3-/t11-,14-,15-,18+,19?/m1/s1. The zero-order chi connectivity index (χ0) is 19.1. The Kier molecular flexibility index (Phi) is 4.96. The van der Waals surface area contributed by atoms with E-state index in [1.807, 2.05) is 0 Å². The molecular weight excluding hydrogens is 342 g/mol. The summed E-state index contributed by atoms with van der Waals surface area (Å²) in [4.78, 5) is 25.0. The van der Waals surface area contributed by atoms with Gasteiger partial charge in [0.25, 0.3) is 0 Å². The van der Waals surface area contributed by atoms with E-state index in [2.05, 4.69) is 0 Å². The summed E-state index contributed by atoms with van der Waals surface area (Å²) in [5, 5.41) is 33.1. The third kappa shape index (κ3) is 2.96. The lowest BCUT2D eigenvalue weighted by Crippen LogP contribution is -2.51. The molecule has 0 saturated carbocycles. The van der Waals surface area contributed by atoms with Crippen LogP contribution in [0.3, 0.4) is 0 Å². The molecule has 0 aliphatic carbocycles. The van der Waals surface area contributed by atoms with Crippen molar-refractivity contribution < 1.29 is 33.9 Å². The molecule has 3 aliphatic rings. The zero-order valence-corrected chi connectivity index (χ0v) is 15.0. The molecule has 1 unspecified atom stereocenters. The Balaban J connectivity index is 1.96. The predicted molar refractivity (Wildman–Crippen MR) is 90.3 cm³/mol. The number of allylic oxidation sites excluding steroid dienone is 1. The lowest BCUT2D eigenvalue weighted by molar-refractivity contribution is -0.877. The Hall–Kier alpha value is -1.74. The Labute approximate surface area is 151 Å². The molecule has 0 amide bonds. The van der Waals surface area contributed by atoms with Crippen LogP contribution in [0.4, 0.5) is 0 Å². The second-order valence-electron chi connectivity index (χ2n) is 7.39. The van der Waals surface area contributed by atoms with E-state index in [0.29, 0.717) is 18.5 Å². The Morgan fingerprint density at radius 1 is 1.46 bits per heavy atom. The highest BCUT2D eigenvalue weighted by Gasteiger charge is 2.51. The maximum atomic E-state index is 12.9. The van der Waals surface area contributed by atoms with Crippen molar-refractivity contribution in [1.29, 1.82) is 0 Å². The molecule has 3 aliphatic heterocycles. The molecule has 0 aromatic carbocycles. The minimum absolute atomic E-state index is 0.0406. The van der Waals surface area contributed by atoms with Gasteiger partial charge in [0.1, 0.15) is 6.61 Å². The van der Waals surface area contributed by atoms with Crippen LogP contribution >= 0.6 is 0 Å². The molecule has 8 nitrogen and oxygen atoms in total. The molecule has 26 heavy (non-hydrogen) atoms. The Bertz CT molecular complexity index is 672. The summed E-state index contributed by atoms with van der Waals surface area (Å²) in [6.07, 6.45) is 3.22. The molecule has 0 aromatic heterocycles. The number of cyclic esters (lactones) is 1. The number of hydroxylamine groups is 3. The van der Waals surface area contributed by atoms with Crippen molar-refractivity contribution in [3.05, 3.63) is 28.5 Å². The van der Waals surface area contributed by atoms with Gasteiger partial charge >= 0.3 is 11.9 Å². The summed E-state index contributed by atoms with van der Waals surface area (Å²) in [7, 11) is 0. The van der Waals surface area contributed by atoms with Gasteiger partial charge in [0.05, 0.1) is 19.7 Å². The van der Waals surface area contributed by atoms with Gasteiger partial charge in [0.2, 0.25) is 0 Å². The van der Waals surface area contributed by atoms with Crippen LogP contribution in [0.1, 0.15) is 26.7 Å². The average molecular weight is 367 g/mol. The van der Waals surface area contributed by atoms with E-state index in [-0.39, 0.29) is 25.1 Å². The van der Waals surface area contributed by atoms with Crippen LogP contribution in [-0.4, -0.2) is 70.8 Å². The van der Waals surface area contributed by atoms with Crippen LogP contribution < -0.4 is 0 Å². The number of rotatable bonds is 1. The summed E-state index contributed by atoms with van der Waals surface area (Å²) in [5.74, 6) is -2.27. The van der Waals surface area contributed by atoms with Crippen molar-refractivity contribution in [2.24, 2.45) is 5.92 Å². The Morgan fingerprint density at radius 3 is 2.85 bits per heavy atom. The highest BCUT2D eigenvalue weighted by Crippen LogP contribution is 2.39. The number of carbonyl (C=O) groups is 2. The van der Waals surface area contributed by atoms with Gasteiger partial charge in [-0.3, -0.25) is 0 Å². The number of esters is 2. The number of quaternary nitrogens is 1. The second kappa shape index (κ2) is 6.77. The smallest absolute Gasteiger partial charge is 0.341 e. The molecule has 0 radical (unpaired) electrons. The number of aliphatic hydroxyl groups excluding tert-OH is 1. The fourth-order valence-corrected chi connectivity index (χ4v) is 4.08. The molecule has 5 atom stereocenters. The molecule has 2 N–H and O–H groups in total. The first kappa shape index (κ1) is 19.0. The van der Waals surface area contributed by atoms with Gasteiger partial charge in [0, 0.05) is 23.5 Å². The van der Waals surface area contributed by atoms with E-state index in [4.69, 9.17) is 9.47 Å². The molecule has 2 fully saturated rings. The highest BCUT2D eigenvalue weighted by atomic mass is 16.6. The van der Waals surface area contributed by atoms with Crippen LogP contribution in [0.25, 0.3) is 0 Å². The monoisotopic (exact) mass is 367 g/mol. The van der Waals surface area contributed by atoms with Crippen LogP contribution in [0, 0.1) is 11.1 Å². The fraction of sp³-hybridized carbons (Fsp3) is 0.667. The molecule has 3 heterocycles. The zero-order valence-electron chi connectivity index (χ0n) is 15.0. The Morgan fingerprint density at radius 2 is 2.19 bits per heavy atom. The van der Waals surface area contributed by atoms with Crippen molar-refractivity contribution >= 4 is 11.9 Å². The van der Waals surface area contributed by atoms with Crippen LogP contribution in [-0.2, 0) is 19.1 Å². The molecule has 0 spiro atoms. The van der Waals surface area contributed by atoms with Crippen molar-refractivity contribution in [1.82, 2.24) is 0 Å². The molecule has 0 bridgehead atoms. The molecule has 2 saturated heterocycles. The van der Waals surface area contributed by atoms with Gasteiger partial charge in [0.15, 0.2) is 17.7 Å². The lowest BCUT2D eigenvalue weighted by Gasteiger charge is -2.41. The number of aliphatic hydroxyl groups is 2. The predicted octanol–water partition coefficient (Wildman–Crippen LogP) is 0.178. The van der Waals surface area contributed by atoms with E-state index in [9.17, 15) is 25.0 Å². The fourth-order valence-electron chi connectivity index (χ4n) is 4.08. The molecule has 0 aromatic rings. The highest BCUT2D eigenvalue weighted by molar-refractivity contribution is 5.89. The number of hydrogen-bond donors (Lipinski definition) is 2. The third-order valence-corrected chi connectivity index (χ3v) is 5.87. The molecule has 3 rings (SSSR count). The lowest BCUT2D eigenvalue weighted by atomic mass is 9.84. The minimum Gasteiger partial charge on any atom is -0.632 e. The van der Waals surface area contributed by atoms with E-state index in [1.54, 1.807) is 26.0 Å².